The van der Waals surface area contributed by atoms with Crippen LogP contribution in [0.15, 0.2) is 115 Å². The average Bonchev–Trinajstić information content (AvgIpc) is 3.33. The Morgan fingerprint density at radius 2 is 1.32 bits per heavy atom. The van der Waals surface area contributed by atoms with E-state index in [-0.39, 0.29) is 62.2 Å². The van der Waals surface area contributed by atoms with E-state index >= 15 is 0 Å². The third-order valence-electron chi connectivity index (χ3n) is 13.6. The van der Waals surface area contributed by atoms with Crippen LogP contribution in [0.4, 0.5) is 0 Å². The van der Waals surface area contributed by atoms with Gasteiger partial charge in [0.05, 0.1) is 82.9 Å². The standard InChI is InChI=1S/C56H78O12/c1-39-28-48(66-51(29-39)33-52-31-40(2)30-50(67-52)32-47(25-27-57)63-36-43-14-18-45(59-6)19-15-43)24-26-55(4,5)56(61-8)54(58)23-22-49(68-56)34-53(64-37-44-16-20-46(60-7)21-17-44)41(3)65-38-62-35-42-12-10-9-11-13-42/h9-21,24,26,41,47-54,57-58H,1-2,22-23,25,27-38H2,3-8H3/b26-24-/t41-,47+,48+,49+,50+,51+,52-,53-,54?,56-/m1/s1. The topological polar surface area (TPSA) is 133 Å². The molecule has 0 aromatic heterocycles. The van der Waals surface area contributed by atoms with Crippen LogP contribution >= 0.6 is 0 Å². The van der Waals surface area contributed by atoms with Crippen LogP contribution in [-0.2, 0) is 57.7 Å². The smallest absolute Gasteiger partial charge is 0.203 e. The van der Waals surface area contributed by atoms with E-state index in [0.717, 1.165) is 58.6 Å². The van der Waals surface area contributed by atoms with Crippen LogP contribution < -0.4 is 9.47 Å². The summed E-state index contributed by atoms with van der Waals surface area (Å²) >= 11 is 0. The zero-order valence-corrected chi connectivity index (χ0v) is 41.4. The molecular weight excluding hydrogens is 865 g/mol. The molecule has 0 amide bonds. The molecule has 12 nitrogen and oxygen atoms in total. The number of benzene rings is 3. The molecule has 1 unspecified atom stereocenters. The predicted molar refractivity (Wildman–Crippen MR) is 262 cm³/mol. The highest BCUT2D eigenvalue weighted by atomic mass is 16.7. The molecule has 0 saturated carbocycles. The van der Waals surface area contributed by atoms with E-state index in [1.807, 2.05) is 99.6 Å². The van der Waals surface area contributed by atoms with Gasteiger partial charge in [0.1, 0.15) is 24.4 Å². The molecule has 3 aliphatic heterocycles. The lowest BCUT2D eigenvalue weighted by molar-refractivity contribution is -0.350. The van der Waals surface area contributed by atoms with Gasteiger partial charge in [0, 0.05) is 38.4 Å². The number of hydrogen-bond acceptors (Lipinski definition) is 12. The van der Waals surface area contributed by atoms with Gasteiger partial charge in [-0.2, -0.15) is 0 Å². The fraction of sp³-hybridized carbons (Fsp3) is 0.571. The van der Waals surface area contributed by atoms with Crippen LogP contribution in [-0.4, -0.2) is 106 Å². The second-order valence-corrected chi connectivity index (χ2v) is 19.3. The maximum absolute atomic E-state index is 11.7. The highest BCUT2D eigenvalue weighted by Gasteiger charge is 2.55. The van der Waals surface area contributed by atoms with Gasteiger partial charge in [0.25, 0.3) is 0 Å². The Morgan fingerprint density at radius 1 is 0.721 bits per heavy atom. The Bertz CT molecular complexity index is 1990. The summed E-state index contributed by atoms with van der Waals surface area (Å²) in [5.74, 6) is 0.230. The Morgan fingerprint density at radius 3 is 1.96 bits per heavy atom. The molecule has 3 saturated heterocycles. The Kier molecular flexibility index (Phi) is 20.7. The quantitative estimate of drug-likeness (QED) is 0.0451. The minimum atomic E-state index is -1.35. The van der Waals surface area contributed by atoms with Crippen molar-refractivity contribution in [1.29, 1.82) is 0 Å². The first-order valence-corrected chi connectivity index (χ1v) is 24.4. The van der Waals surface area contributed by atoms with Crippen molar-refractivity contribution in [1.82, 2.24) is 0 Å². The van der Waals surface area contributed by atoms with Crippen molar-refractivity contribution in [3.8, 4) is 11.5 Å². The molecule has 374 valence electrons. The molecule has 3 heterocycles. The summed E-state index contributed by atoms with van der Waals surface area (Å²) in [6.07, 6.45) is 8.12. The van der Waals surface area contributed by atoms with Gasteiger partial charge in [-0.1, -0.05) is 105 Å². The third-order valence-corrected chi connectivity index (χ3v) is 13.6. The van der Waals surface area contributed by atoms with Crippen molar-refractivity contribution < 1.29 is 57.6 Å². The fourth-order valence-corrected chi connectivity index (χ4v) is 9.75. The minimum Gasteiger partial charge on any atom is -0.497 e. The fourth-order valence-electron chi connectivity index (χ4n) is 9.75. The van der Waals surface area contributed by atoms with E-state index in [4.69, 9.17) is 47.4 Å². The lowest BCUT2D eigenvalue weighted by Gasteiger charge is -2.51. The van der Waals surface area contributed by atoms with Crippen LogP contribution in [0.1, 0.15) is 102 Å². The largest absolute Gasteiger partial charge is 0.497 e. The minimum absolute atomic E-state index is 0.0356. The molecular formula is C56H78O12. The monoisotopic (exact) mass is 943 g/mol. The van der Waals surface area contributed by atoms with Gasteiger partial charge >= 0.3 is 0 Å². The molecule has 3 fully saturated rings. The van der Waals surface area contributed by atoms with Gasteiger partial charge in [-0.25, -0.2) is 0 Å². The van der Waals surface area contributed by atoms with Crippen LogP contribution in [0.3, 0.4) is 0 Å². The van der Waals surface area contributed by atoms with Gasteiger partial charge in [-0.3, -0.25) is 0 Å². The summed E-state index contributed by atoms with van der Waals surface area (Å²) in [5.41, 5.74) is 4.61. The summed E-state index contributed by atoms with van der Waals surface area (Å²) in [6, 6.07) is 25.7. The van der Waals surface area contributed by atoms with Crippen molar-refractivity contribution in [3.05, 3.63) is 132 Å². The van der Waals surface area contributed by atoms with E-state index in [2.05, 4.69) is 25.3 Å². The molecule has 3 aromatic rings. The Labute approximate surface area is 405 Å². The van der Waals surface area contributed by atoms with Crippen LogP contribution in [0.2, 0.25) is 0 Å². The van der Waals surface area contributed by atoms with E-state index in [0.29, 0.717) is 64.8 Å². The van der Waals surface area contributed by atoms with Crippen molar-refractivity contribution in [3.63, 3.8) is 0 Å². The normalized spacial score (nSPS) is 26.1. The zero-order valence-electron chi connectivity index (χ0n) is 41.4. The molecule has 0 aliphatic carbocycles. The molecule has 3 aliphatic rings. The first kappa shape index (κ1) is 53.4. The molecule has 2 N–H and O–H groups in total. The second kappa shape index (κ2) is 26.3. The highest BCUT2D eigenvalue weighted by Crippen LogP contribution is 2.46. The number of methoxy groups -OCH3 is 3. The van der Waals surface area contributed by atoms with Gasteiger partial charge in [0.15, 0.2) is 0 Å². The van der Waals surface area contributed by atoms with E-state index in [9.17, 15) is 10.2 Å². The van der Waals surface area contributed by atoms with Crippen LogP contribution in [0, 0.1) is 5.41 Å². The summed E-state index contributed by atoms with van der Waals surface area (Å²) in [4.78, 5) is 0. The van der Waals surface area contributed by atoms with Gasteiger partial charge in [0.2, 0.25) is 5.79 Å². The van der Waals surface area contributed by atoms with Crippen molar-refractivity contribution in [2.75, 3.05) is 34.7 Å². The van der Waals surface area contributed by atoms with Crippen molar-refractivity contribution >= 4 is 0 Å². The number of aliphatic hydroxyl groups excluding tert-OH is 2. The average molecular weight is 943 g/mol. The predicted octanol–water partition coefficient (Wildman–Crippen LogP) is 9.98. The van der Waals surface area contributed by atoms with Crippen LogP contribution in [0.5, 0.6) is 11.5 Å². The SMILES string of the molecule is C=C1C[C@H](C[C@@H]2CC(=C)C[C@H](/C=C\C(C)(C)[C@]3(OC)O[C@H](C[C@@H](OCc4ccc(OC)cc4)[C@@H](C)OCOCc4ccccc4)CCC3O)O2)O[C@H](C[C@H](CCO)OCc2ccc(OC)cc2)C1. The van der Waals surface area contributed by atoms with E-state index in [1.54, 1.807) is 21.3 Å². The maximum atomic E-state index is 11.7. The highest BCUT2D eigenvalue weighted by molar-refractivity contribution is 5.27. The number of aliphatic hydroxyl groups is 2. The van der Waals surface area contributed by atoms with Gasteiger partial charge in [-0.15, -0.1) is 0 Å². The zero-order chi connectivity index (χ0) is 48.5. The molecule has 0 bridgehead atoms. The van der Waals surface area contributed by atoms with Gasteiger partial charge < -0.3 is 57.6 Å². The second-order valence-electron chi connectivity index (χ2n) is 19.3. The summed E-state index contributed by atoms with van der Waals surface area (Å²) < 4.78 is 62.3. The number of hydrogen-bond donors (Lipinski definition) is 2. The first-order chi connectivity index (χ1) is 32.8. The Hall–Kier alpha value is -3.92. The van der Waals surface area contributed by atoms with E-state index in [1.165, 1.54) is 0 Å². The van der Waals surface area contributed by atoms with E-state index < -0.39 is 17.3 Å². The molecule has 3 aromatic carbocycles. The van der Waals surface area contributed by atoms with Gasteiger partial charge in [-0.05, 0) is 92.8 Å². The third kappa shape index (κ3) is 15.5. The molecule has 12 heteroatoms. The summed E-state index contributed by atoms with van der Waals surface area (Å²) in [5, 5.41) is 21.6. The Balaban J connectivity index is 1.06. The summed E-state index contributed by atoms with van der Waals surface area (Å²) in [6.45, 7) is 16.3. The lowest BCUT2D eigenvalue weighted by atomic mass is 9.75. The maximum Gasteiger partial charge on any atom is 0.203 e. The lowest BCUT2D eigenvalue weighted by Crippen LogP contribution is -2.61. The number of rotatable bonds is 26. The first-order valence-electron chi connectivity index (χ1n) is 24.4. The van der Waals surface area contributed by atoms with Crippen molar-refractivity contribution in [2.24, 2.45) is 5.41 Å². The molecule has 6 rings (SSSR count). The summed E-state index contributed by atoms with van der Waals surface area (Å²) in [7, 11) is 4.91. The molecule has 68 heavy (non-hydrogen) atoms. The van der Waals surface area contributed by atoms with Crippen molar-refractivity contribution in [2.45, 2.75) is 166 Å². The number of ether oxygens (including phenoxy) is 10. The molecule has 10 atom stereocenters. The molecule has 0 spiro atoms. The molecule has 0 radical (unpaired) electrons. The van der Waals surface area contributed by atoms with Crippen LogP contribution in [0.25, 0.3) is 0 Å².